The molecule has 3 N–H and O–H groups in total. The summed E-state index contributed by atoms with van der Waals surface area (Å²) in [5.41, 5.74) is 5.54. The molecule has 2 aromatic carbocycles. The molecule has 0 amide bonds. The Balaban J connectivity index is 1.91. The molecule has 7 nitrogen and oxygen atoms in total. The predicted octanol–water partition coefficient (Wildman–Crippen LogP) is 3.87. The van der Waals surface area contributed by atoms with Gasteiger partial charge in [-0.15, -0.1) is 0 Å². The van der Waals surface area contributed by atoms with E-state index in [4.69, 9.17) is 27.9 Å². The Bertz CT molecular complexity index is 1090. The van der Waals surface area contributed by atoms with Crippen LogP contribution in [0.1, 0.15) is 17.3 Å². The van der Waals surface area contributed by atoms with Crippen LogP contribution >= 0.6 is 23.2 Å². The van der Waals surface area contributed by atoms with Crippen molar-refractivity contribution in [3.05, 3.63) is 69.5 Å². The first-order chi connectivity index (χ1) is 14.0. The first kappa shape index (κ1) is 19.7. The Morgan fingerprint density at radius 1 is 1.07 bits per heavy atom. The normalized spacial score (nSPS) is 16.7. The smallest absolute Gasteiger partial charge is 0.188 e. The van der Waals surface area contributed by atoms with E-state index in [0.717, 1.165) is 5.56 Å². The summed E-state index contributed by atoms with van der Waals surface area (Å²) < 4.78 is 5.71. The van der Waals surface area contributed by atoms with Gasteiger partial charge < -0.3 is 14.9 Å². The number of fused-ring (bicyclic) bond motifs is 2. The number of aromatic nitrogens is 2. The molecule has 1 aromatic heterocycles. The molecule has 150 valence electrons. The van der Waals surface area contributed by atoms with Crippen molar-refractivity contribution in [2.45, 2.75) is 6.04 Å². The third-order valence-corrected chi connectivity index (χ3v) is 5.00. The monoisotopic (exact) mass is 432 g/mol. The maximum Gasteiger partial charge on any atom is 0.188 e. The van der Waals surface area contributed by atoms with E-state index in [1.165, 1.54) is 0 Å². The van der Waals surface area contributed by atoms with Gasteiger partial charge in [0.2, 0.25) is 0 Å². The molecular formula is C20H18Cl2N4O3. The van der Waals surface area contributed by atoms with Gasteiger partial charge in [-0.1, -0.05) is 35.3 Å². The van der Waals surface area contributed by atoms with Crippen LogP contribution in [-0.2, 0) is 4.74 Å². The fraction of sp³-hybridized carbons (Fsp3) is 0.200. The first-order valence-electron chi connectivity index (χ1n) is 8.87. The second kappa shape index (κ2) is 8.04. The van der Waals surface area contributed by atoms with E-state index in [9.17, 15) is 10.2 Å². The van der Waals surface area contributed by atoms with Crippen molar-refractivity contribution in [2.75, 3.05) is 25.3 Å². The molecular weight excluding hydrogens is 415 g/mol. The minimum absolute atomic E-state index is 0.00878. The van der Waals surface area contributed by atoms with E-state index in [1.54, 1.807) is 54.5 Å². The van der Waals surface area contributed by atoms with Gasteiger partial charge in [0, 0.05) is 17.1 Å². The Hall–Kier alpha value is -2.58. The van der Waals surface area contributed by atoms with Crippen LogP contribution < -0.4 is 10.4 Å². The molecule has 2 heterocycles. The van der Waals surface area contributed by atoms with Crippen LogP contribution in [0.15, 0.2) is 48.2 Å². The van der Waals surface area contributed by atoms with Gasteiger partial charge in [0.05, 0.1) is 17.6 Å². The summed E-state index contributed by atoms with van der Waals surface area (Å²) in [6.07, 6.45) is 0. The number of nitrogens with zero attached hydrogens (tertiary/aromatic N) is 3. The molecule has 0 fully saturated rings. The third-order valence-electron chi connectivity index (χ3n) is 4.51. The van der Waals surface area contributed by atoms with Gasteiger partial charge in [-0.3, -0.25) is 5.01 Å². The van der Waals surface area contributed by atoms with Gasteiger partial charge in [-0.25, -0.2) is 15.4 Å². The predicted molar refractivity (Wildman–Crippen MR) is 113 cm³/mol. The van der Waals surface area contributed by atoms with Gasteiger partial charge in [0.15, 0.2) is 23.0 Å². The Labute approximate surface area is 177 Å². The number of hydrogen-bond acceptors (Lipinski definition) is 7. The zero-order chi connectivity index (χ0) is 20.5. The van der Waals surface area contributed by atoms with E-state index in [-0.39, 0.29) is 24.7 Å². The molecule has 29 heavy (non-hydrogen) atoms. The minimum Gasteiger partial charge on any atom is -0.506 e. The van der Waals surface area contributed by atoms with E-state index in [2.05, 4.69) is 15.4 Å². The topological polar surface area (TPSA) is 90.7 Å². The highest BCUT2D eigenvalue weighted by Gasteiger charge is 2.32. The van der Waals surface area contributed by atoms with Gasteiger partial charge in [0.1, 0.15) is 12.6 Å². The zero-order valence-corrected chi connectivity index (χ0v) is 16.9. The number of rotatable bonds is 4. The van der Waals surface area contributed by atoms with Crippen LogP contribution in [0.2, 0.25) is 10.0 Å². The molecule has 1 aliphatic heterocycles. The van der Waals surface area contributed by atoms with Crippen LogP contribution in [0, 0.1) is 0 Å². The van der Waals surface area contributed by atoms with Crippen molar-refractivity contribution in [1.82, 2.24) is 15.4 Å². The van der Waals surface area contributed by atoms with Crippen LogP contribution in [0.4, 0.5) is 5.82 Å². The van der Waals surface area contributed by atoms with Gasteiger partial charge in [-0.05, 0) is 35.9 Å². The van der Waals surface area contributed by atoms with Gasteiger partial charge in [-0.2, -0.15) is 0 Å². The van der Waals surface area contributed by atoms with Crippen LogP contribution in [0.25, 0.3) is 16.8 Å². The molecule has 9 heteroatoms. The van der Waals surface area contributed by atoms with E-state index in [1.807, 2.05) is 0 Å². The molecule has 3 aromatic rings. The number of hydrazine groups is 1. The van der Waals surface area contributed by atoms with Gasteiger partial charge >= 0.3 is 0 Å². The fourth-order valence-electron chi connectivity index (χ4n) is 3.15. The summed E-state index contributed by atoms with van der Waals surface area (Å²) in [6, 6.07) is 11.7. The Kier molecular flexibility index (Phi) is 5.47. The summed E-state index contributed by atoms with van der Waals surface area (Å²) in [6.45, 7) is -0.223. The minimum atomic E-state index is -0.631. The largest absolute Gasteiger partial charge is 0.506 e. The highest BCUT2D eigenvalue weighted by molar-refractivity contribution is 6.31. The molecule has 0 saturated heterocycles. The quantitative estimate of drug-likeness (QED) is 0.576. The van der Waals surface area contributed by atoms with Crippen molar-refractivity contribution >= 4 is 45.8 Å². The first-order valence-corrected chi connectivity index (χ1v) is 9.63. The van der Waals surface area contributed by atoms with Crippen molar-refractivity contribution in [2.24, 2.45) is 0 Å². The average molecular weight is 433 g/mol. The standard InChI is InChI=1S/C20H18Cl2N4O3/c1-26-20-17(23-15-10-13(22)6-7-14(15)24-20)19(29-9-8-27)18(28)16(25-26)11-2-4-12(21)5-3-11/h2-7,10,16,25,27-28H,8-9H2,1H3. The number of aliphatic hydroxyl groups excluding tert-OH is 2. The van der Waals surface area contributed by atoms with E-state index in [0.29, 0.717) is 32.6 Å². The molecule has 1 atom stereocenters. The van der Waals surface area contributed by atoms with E-state index < -0.39 is 6.04 Å². The Morgan fingerprint density at radius 2 is 1.79 bits per heavy atom. The molecule has 0 aliphatic carbocycles. The lowest BCUT2D eigenvalue weighted by Gasteiger charge is -2.24. The Morgan fingerprint density at radius 3 is 2.52 bits per heavy atom. The van der Waals surface area contributed by atoms with Gasteiger partial charge in [0.25, 0.3) is 0 Å². The average Bonchev–Trinajstić information content (AvgIpc) is 2.81. The maximum atomic E-state index is 11.1. The number of benzene rings is 2. The second-order valence-corrected chi connectivity index (χ2v) is 7.36. The van der Waals surface area contributed by atoms with Crippen LogP contribution in [0.5, 0.6) is 0 Å². The lowest BCUT2D eigenvalue weighted by atomic mass is 10.0. The van der Waals surface area contributed by atoms with Crippen LogP contribution in [-0.4, -0.2) is 40.4 Å². The number of aliphatic hydroxyl groups is 2. The number of ether oxygens (including phenoxy) is 1. The van der Waals surface area contributed by atoms with Crippen molar-refractivity contribution < 1.29 is 14.9 Å². The second-order valence-electron chi connectivity index (χ2n) is 6.49. The number of halogens is 2. The summed E-state index contributed by atoms with van der Waals surface area (Å²) in [4.78, 5) is 9.31. The molecule has 1 unspecified atom stereocenters. The number of hydrogen-bond donors (Lipinski definition) is 3. The third kappa shape index (κ3) is 3.82. The zero-order valence-electron chi connectivity index (χ0n) is 15.4. The van der Waals surface area contributed by atoms with Crippen molar-refractivity contribution in [1.29, 1.82) is 0 Å². The van der Waals surface area contributed by atoms with Crippen molar-refractivity contribution in [3.8, 4) is 0 Å². The molecule has 0 saturated carbocycles. The summed E-state index contributed by atoms with van der Waals surface area (Å²) in [7, 11) is 1.78. The summed E-state index contributed by atoms with van der Waals surface area (Å²) in [5.74, 6) is 0.526. The maximum absolute atomic E-state index is 11.1. The summed E-state index contributed by atoms with van der Waals surface area (Å²) in [5, 5.41) is 23.2. The highest BCUT2D eigenvalue weighted by atomic mass is 35.5. The lowest BCUT2D eigenvalue weighted by molar-refractivity contribution is 0.172. The number of nitrogens with one attached hydrogen (secondary N) is 1. The molecule has 0 radical (unpaired) electrons. The SMILES string of the molecule is CN1NC(c2ccc(Cl)cc2)C(O)=C(OCCO)c2nc3cc(Cl)ccc3nc21. The lowest BCUT2D eigenvalue weighted by Crippen LogP contribution is -2.38. The van der Waals surface area contributed by atoms with Crippen molar-refractivity contribution in [3.63, 3.8) is 0 Å². The molecule has 0 spiro atoms. The van der Waals surface area contributed by atoms with E-state index >= 15 is 0 Å². The number of anilines is 1. The molecule has 1 aliphatic rings. The molecule has 4 rings (SSSR count). The molecule has 0 bridgehead atoms. The summed E-state index contributed by atoms with van der Waals surface area (Å²) >= 11 is 12.1. The highest BCUT2D eigenvalue weighted by Crippen LogP contribution is 2.36. The van der Waals surface area contributed by atoms with Crippen LogP contribution in [0.3, 0.4) is 0 Å². The fourth-order valence-corrected chi connectivity index (χ4v) is 3.44.